The number of rotatable bonds is 6. The Morgan fingerprint density at radius 3 is 2.46 bits per heavy atom. The number of benzene rings is 1. The summed E-state index contributed by atoms with van der Waals surface area (Å²) in [5.41, 5.74) is 0.807. The summed E-state index contributed by atoms with van der Waals surface area (Å²) in [7, 11) is -1.01. The highest BCUT2D eigenvalue weighted by Crippen LogP contribution is 2.32. The van der Waals surface area contributed by atoms with Crippen LogP contribution in [0.25, 0.3) is 0 Å². The highest BCUT2D eigenvalue weighted by atomic mass is 32.2. The molecule has 148 valence electrons. The fourth-order valence-electron chi connectivity index (χ4n) is 2.71. The fraction of sp³-hybridized carbons (Fsp3) is 0.263. The van der Waals surface area contributed by atoms with Crippen LogP contribution in [0.3, 0.4) is 0 Å². The molecule has 9 heteroatoms. The van der Waals surface area contributed by atoms with Crippen LogP contribution in [0.1, 0.15) is 12.8 Å². The maximum atomic E-state index is 12.4. The number of ether oxygens (including phenoxy) is 2. The number of nitrogens with one attached hydrogen (secondary N) is 1. The Hall–Kier alpha value is -3.07. The van der Waals surface area contributed by atoms with Crippen LogP contribution in [0, 0.1) is 0 Å². The van der Waals surface area contributed by atoms with Crippen LogP contribution < -0.4 is 9.62 Å². The lowest BCUT2D eigenvalue weighted by Crippen LogP contribution is -2.27. The number of anilines is 2. The summed E-state index contributed by atoms with van der Waals surface area (Å²) >= 11 is 0. The van der Waals surface area contributed by atoms with Crippen LogP contribution in [0.2, 0.25) is 0 Å². The van der Waals surface area contributed by atoms with Crippen molar-refractivity contribution in [2.75, 3.05) is 23.8 Å². The fourth-order valence-corrected chi connectivity index (χ4v) is 4.09. The Kier molecular flexibility index (Phi) is 5.55. The van der Waals surface area contributed by atoms with Crippen molar-refractivity contribution in [3.63, 3.8) is 0 Å². The van der Waals surface area contributed by atoms with E-state index in [2.05, 4.69) is 4.72 Å². The van der Waals surface area contributed by atoms with Crippen molar-refractivity contribution >= 4 is 33.3 Å². The maximum absolute atomic E-state index is 12.4. The van der Waals surface area contributed by atoms with Gasteiger partial charge in [0.1, 0.15) is 5.70 Å². The summed E-state index contributed by atoms with van der Waals surface area (Å²) in [4.78, 5) is 26.1. The standard InChI is InChI=1S/C19H20N2O6S/c1-26-18(22)16-8-3-4-11-21(17(16)19(23)27-2)14-7-5-6-13(12-14)20-28(24,25)15-9-10-15/h3-8,11-12,15,20H,9-10H2,1-2H3. The molecule has 0 bridgehead atoms. The molecule has 1 aliphatic carbocycles. The molecule has 1 heterocycles. The predicted molar refractivity (Wildman–Crippen MR) is 104 cm³/mol. The first-order valence-electron chi connectivity index (χ1n) is 8.54. The zero-order valence-electron chi connectivity index (χ0n) is 15.4. The Bertz CT molecular complexity index is 989. The lowest BCUT2D eigenvalue weighted by molar-refractivity contribution is -0.139. The molecule has 8 nitrogen and oxygen atoms in total. The van der Waals surface area contributed by atoms with E-state index in [9.17, 15) is 18.0 Å². The molecular formula is C19H20N2O6S. The van der Waals surface area contributed by atoms with Crippen molar-refractivity contribution in [1.82, 2.24) is 0 Å². The molecule has 0 saturated heterocycles. The van der Waals surface area contributed by atoms with Crippen molar-refractivity contribution in [1.29, 1.82) is 0 Å². The number of carbonyl (C=O) groups is 2. The minimum absolute atomic E-state index is 0.0170. The highest BCUT2D eigenvalue weighted by Gasteiger charge is 2.36. The smallest absolute Gasteiger partial charge is 0.355 e. The quantitative estimate of drug-likeness (QED) is 0.724. The van der Waals surface area contributed by atoms with E-state index >= 15 is 0 Å². The Balaban J connectivity index is 2.03. The molecular weight excluding hydrogens is 384 g/mol. The van der Waals surface area contributed by atoms with Crippen LogP contribution >= 0.6 is 0 Å². The first kappa shape index (κ1) is 19.7. The zero-order valence-corrected chi connectivity index (χ0v) is 16.2. The molecule has 1 aliphatic heterocycles. The average Bonchev–Trinajstić information content (AvgIpc) is 3.53. The van der Waals surface area contributed by atoms with Crippen LogP contribution in [0.4, 0.5) is 11.4 Å². The summed E-state index contributed by atoms with van der Waals surface area (Å²) < 4.78 is 36.6. The molecule has 1 saturated carbocycles. The number of carbonyl (C=O) groups excluding carboxylic acids is 2. The number of allylic oxidation sites excluding steroid dienone is 2. The molecule has 2 aliphatic rings. The summed E-state index contributed by atoms with van der Waals surface area (Å²) in [6.07, 6.45) is 7.55. The second-order valence-corrected chi connectivity index (χ2v) is 8.17. The largest absolute Gasteiger partial charge is 0.465 e. The third kappa shape index (κ3) is 4.09. The van der Waals surface area contributed by atoms with Gasteiger partial charge in [0.15, 0.2) is 0 Å². The number of hydrogen-bond donors (Lipinski definition) is 1. The molecule has 0 spiro atoms. The third-order valence-corrected chi connectivity index (χ3v) is 6.11. The number of esters is 2. The van der Waals surface area contributed by atoms with E-state index in [-0.39, 0.29) is 16.5 Å². The topological polar surface area (TPSA) is 102 Å². The van der Waals surface area contributed by atoms with E-state index in [1.54, 1.807) is 42.6 Å². The van der Waals surface area contributed by atoms with Crippen molar-refractivity contribution in [3.05, 3.63) is 60.0 Å². The summed E-state index contributed by atoms with van der Waals surface area (Å²) in [6.45, 7) is 0. The van der Waals surface area contributed by atoms with Gasteiger partial charge < -0.3 is 14.4 Å². The molecule has 28 heavy (non-hydrogen) atoms. The first-order valence-corrected chi connectivity index (χ1v) is 10.1. The zero-order chi connectivity index (χ0) is 20.3. The van der Waals surface area contributed by atoms with E-state index in [4.69, 9.17) is 9.47 Å². The lowest BCUT2D eigenvalue weighted by Gasteiger charge is -2.23. The van der Waals surface area contributed by atoms with Gasteiger partial charge in [-0.2, -0.15) is 0 Å². The minimum atomic E-state index is -3.43. The van der Waals surface area contributed by atoms with Crippen LogP contribution in [0.15, 0.2) is 60.0 Å². The van der Waals surface area contributed by atoms with Gasteiger partial charge in [-0.1, -0.05) is 12.1 Å². The van der Waals surface area contributed by atoms with E-state index in [0.717, 1.165) is 0 Å². The molecule has 1 N–H and O–H groups in total. The molecule has 1 aromatic rings. The van der Waals surface area contributed by atoms with Gasteiger partial charge in [0.2, 0.25) is 10.0 Å². The summed E-state index contributed by atoms with van der Waals surface area (Å²) in [6, 6.07) is 6.53. The minimum Gasteiger partial charge on any atom is -0.465 e. The first-order chi connectivity index (χ1) is 13.4. The molecule has 0 aromatic heterocycles. The third-order valence-electron chi connectivity index (χ3n) is 4.24. The molecule has 0 amide bonds. The van der Waals surface area contributed by atoms with Crippen molar-refractivity contribution in [3.8, 4) is 0 Å². The van der Waals surface area contributed by atoms with Crippen LogP contribution in [-0.4, -0.2) is 39.8 Å². The van der Waals surface area contributed by atoms with Gasteiger partial charge in [0.05, 0.1) is 30.7 Å². The number of hydrogen-bond acceptors (Lipinski definition) is 7. The number of nitrogens with zero attached hydrogens (tertiary/aromatic N) is 1. The van der Waals surface area contributed by atoms with Gasteiger partial charge in [-0.25, -0.2) is 18.0 Å². The van der Waals surface area contributed by atoms with E-state index < -0.39 is 22.0 Å². The molecule has 3 rings (SSSR count). The van der Waals surface area contributed by atoms with E-state index in [1.165, 1.54) is 25.2 Å². The Morgan fingerprint density at radius 2 is 1.82 bits per heavy atom. The van der Waals surface area contributed by atoms with Gasteiger partial charge in [-0.05, 0) is 43.2 Å². The number of sulfonamides is 1. The van der Waals surface area contributed by atoms with Crippen LogP contribution in [0.5, 0.6) is 0 Å². The van der Waals surface area contributed by atoms with Crippen molar-refractivity contribution in [2.24, 2.45) is 0 Å². The van der Waals surface area contributed by atoms with Crippen molar-refractivity contribution in [2.45, 2.75) is 18.1 Å². The summed E-state index contributed by atoms with van der Waals surface area (Å²) in [5, 5.41) is -0.366. The van der Waals surface area contributed by atoms with Gasteiger partial charge in [-0.3, -0.25) is 4.72 Å². The van der Waals surface area contributed by atoms with Gasteiger partial charge in [0.25, 0.3) is 0 Å². The highest BCUT2D eigenvalue weighted by molar-refractivity contribution is 7.93. The SMILES string of the molecule is COC(=O)C1=C(C(=O)OC)N(c2cccc(NS(=O)(=O)C3CC3)c2)C=CC=C1. The summed E-state index contributed by atoms with van der Waals surface area (Å²) in [5.74, 6) is -1.43. The Labute approximate surface area is 163 Å². The van der Waals surface area contributed by atoms with Gasteiger partial charge in [0, 0.05) is 11.9 Å². The second kappa shape index (κ2) is 7.89. The molecule has 0 unspecified atom stereocenters. The van der Waals surface area contributed by atoms with Crippen molar-refractivity contribution < 1.29 is 27.5 Å². The van der Waals surface area contributed by atoms with Crippen LogP contribution in [-0.2, 0) is 29.1 Å². The molecule has 1 aromatic carbocycles. The van der Waals surface area contributed by atoms with Gasteiger partial charge in [-0.15, -0.1) is 0 Å². The normalized spacial score (nSPS) is 16.6. The Morgan fingerprint density at radius 1 is 1.11 bits per heavy atom. The second-order valence-electron chi connectivity index (χ2n) is 6.21. The van der Waals surface area contributed by atoms with E-state index in [1.807, 2.05) is 0 Å². The lowest BCUT2D eigenvalue weighted by atomic mass is 10.1. The maximum Gasteiger partial charge on any atom is 0.355 e. The molecule has 1 fully saturated rings. The predicted octanol–water partition coefficient (Wildman–Crippen LogP) is 2.08. The molecule has 0 radical (unpaired) electrons. The monoisotopic (exact) mass is 404 g/mol. The van der Waals surface area contributed by atoms with Gasteiger partial charge >= 0.3 is 11.9 Å². The van der Waals surface area contributed by atoms with E-state index in [0.29, 0.717) is 24.2 Å². The average molecular weight is 404 g/mol. The molecule has 0 atom stereocenters. The number of methoxy groups -OCH3 is 2.